The Kier molecular flexibility index (Phi) is 44.9. The van der Waals surface area contributed by atoms with E-state index < -0.39 is 6.10 Å². The highest BCUT2D eigenvalue weighted by molar-refractivity contribution is 5.71. The highest BCUT2D eigenvalue weighted by Gasteiger charge is 2.19. The first-order chi connectivity index (χ1) is 28.5. The molecule has 1 unspecified atom stereocenters. The zero-order valence-corrected chi connectivity index (χ0v) is 38.3. The van der Waals surface area contributed by atoms with Crippen LogP contribution >= 0.6 is 0 Å². The summed E-state index contributed by atoms with van der Waals surface area (Å²) in [5, 5.41) is 0. The highest BCUT2D eigenvalue weighted by Crippen LogP contribution is 2.13. The lowest BCUT2D eigenvalue weighted by molar-refractivity contribution is -0.167. The summed E-state index contributed by atoms with van der Waals surface area (Å²) >= 11 is 0. The normalized spacial score (nSPS) is 12.4. The molecule has 0 amide bonds. The summed E-state index contributed by atoms with van der Waals surface area (Å²) < 4.78 is 16.7. The van der Waals surface area contributed by atoms with Gasteiger partial charge >= 0.3 is 17.9 Å². The third kappa shape index (κ3) is 44.5. The molecule has 0 fully saturated rings. The van der Waals surface area contributed by atoms with E-state index in [1.54, 1.807) is 0 Å². The summed E-state index contributed by atoms with van der Waals surface area (Å²) in [5.41, 5.74) is 0. The van der Waals surface area contributed by atoms with Crippen LogP contribution in [0.1, 0.15) is 245 Å². The Morgan fingerprint density at radius 1 is 0.345 bits per heavy atom. The van der Waals surface area contributed by atoms with Gasteiger partial charge in [-0.05, 0) is 96.3 Å². The number of hydrogen-bond donors (Lipinski definition) is 0. The fourth-order valence-electron chi connectivity index (χ4n) is 6.74. The van der Waals surface area contributed by atoms with Gasteiger partial charge in [-0.1, -0.05) is 179 Å². The van der Waals surface area contributed by atoms with Gasteiger partial charge in [0.1, 0.15) is 13.2 Å². The average Bonchev–Trinajstić information content (AvgIpc) is 3.22. The van der Waals surface area contributed by atoms with Gasteiger partial charge in [0, 0.05) is 19.3 Å². The van der Waals surface area contributed by atoms with Gasteiger partial charge in [-0.25, -0.2) is 0 Å². The number of ether oxygens (including phenoxy) is 3. The van der Waals surface area contributed by atoms with Gasteiger partial charge in [0.2, 0.25) is 0 Å². The van der Waals surface area contributed by atoms with Crippen LogP contribution in [0.15, 0.2) is 48.6 Å². The first-order valence-electron chi connectivity index (χ1n) is 24.6. The van der Waals surface area contributed by atoms with Crippen LogP contribution in [0.25, 0.3) is 0 Å². The molecule has 6 heteroatoms. The monoisotopic (exact) mass is 813 g/mol. The van der Waals surface area contributed by atoms with Crippen molar-refractivity contribution < 1.29 is 28.6 Å². The number of rotatable bonds is 44. The highest BCUT2D eigenvalue weighted by atomic mass is 16.6. The number of carbonyl (C=O) groups is 3. The molecule has 0 saturated heterocycles. The van der Waals surface area contributed by atoms with Crippen molar-refractivity contribution in [2.24, 2.45) is 0 Å². The summed E-state index contributed by atoms with van der Waals surface area (Å²) in [7, 11) is 0. The van der Waals surface area contributed by atoms with Crippen molar-refractivity contribution in [2.45, 2.75) is 252 Å². The molecule has 0 saturated carbocycles. The van der Waals surface area contributed by atoms with E-state index in [2.05, 4.69) is 69.4 Å². The molecule has 0 aliphatic rings. The number of esters is 3. The molecule has 336 valence electrons. The predicted molar refractivity (Wildman–Crippen MR) is 247 cm³/mol. The molecule has 0 aliphatic carbocycles. The SMILES string of the molecule is CCCC/C=C\C/C=C\CCCCCCCC(=O)OCC(COC(=O)CCCCCCC/C=C\CCCCC)OC(=O)CCCCCCC/C=C\CCCCCCC. The molecule has 0 N–H and O–H groups in total. The molecule has 0 aromatic rings. The Balaban J connectivity index is 4.42. The second kappa shape index (κ2) is 47.1. The Hall–Kier alpha value is -2.63. The van der Waals surface area contributed by atoms with Crippen LogP contribution in [0.3, 0.4) is 0 Å². The van der Waals surface area contributed by atoms with Crippen molar-refractivity contribution in [3.05, 3.63) is 48.6 Å². The third-order valence-corrected chi connectivity index (χ3v) is 10.5. The lowest BCUT2D eigenvalue weighted by Crippen LogP contribution is -2.30. The minimum absolute atomic E-state index is 0.0850. The maximum Gasteiger partial charge on any atom is 0.306 e. The van der Waals surface area contributed by atoms with Crippen LogP contribution in [0, 0.1) is 0 Å². The molecule has 1 atom stereocenters. The maximum absolute atomic E-state index is 12.8. The van der Waals surface area contributed by atoms with Crippen LogP contribution < -0.4 is 0 Å². The topological polar surface area (TPSA) is 78.9 Å². The van der Waals surface area contributed by atoms with E-state index >= 15 is 0 Å². The van der Waals surface area contributed by atoms with Gasteiger partial charge in [0.25, 0.3) is 0 Å². The van der Waals surface area contributed by atoms with Gasteiger partial charge in [0.05, 0.1) is 0 Å². The summed E-state index contributed by atoms with van der Waals surface area (Å²) in [4.78, 5) is 37.9. The Bertz CT molecular complexity index is 1030. The fraction of sp³-hybridized carbons (Fsp3) is 0.788. The van der Waals surface area contributed by atoms with Crippen molar-refractivity contribution in [1.82, 2.24) is 0 Å². The summed E-state index contributed by atoms with van der Waals surface area (Å²) in [6.07, 6.45) is 55.1. The largest absolute Gasteiger partial charge is 0.462 e. The van der Waals surface area contributed by atoms with E-state index in [4.69, 9.17) is 14.2 Å². The van der Waals surface area contributed by atoms with Crippen molar-refractivity contribution in [3.63, 3.8) is 0 Å². The van der Waals surface area contributed by atoms with Crippen LogP contribution in [-0.4, -0.2) is 37.2 Å². The molecule has 58 heavy (non-hydrogen) atoms. The zero-order valence-electron chi connectivity index (χ0n) is 38.3. The zero-order chi connectivity index (χ0) is 42.3. The molecular formula is C52H92O6. The molecule has 0 radical (unpaired) electrons. The summed E-state index contributed by atoms with van der Waals surface area (Å²) in [6.45, 7) is 6.54. The standard InChI is InChI=1S/C52H92O6/c1-4-7-10-13-16-19-22-25-27-30-33-36-39-42-45-51(54)57-48-49(47-56-50(53)44-41-38-35-32-29-24-21-18-15-12-9-6-3)58-52(55)46-43-40-37-34-31-28-26-23-20-17-14-11-8-5-2/h13,16,18,21-23,25-26,49H,4-12,14-15,17,19-20,24,27-48H2,1-3H3/b16-13-,21-18-,25-22-,26-23-. The van der Waals surface area contributed by atoms with E-state index in [0.717, 1.165) is 96.3 Å². The second-order valence-electron chi connectivity index (χ2n) is 16.4. The molecule has 0 bridgehead atoms. The van der Waals surface area contributed by atoms with E-state index in [9.17, 15) is 14.4 Å². The van der Waals surface area contributed by atoms with Gasteiger partial charge in [-0.15, -0.1) is 0 Å². The van der Waals surface area contributed by atoms with E-state index in [1.807, 2.05) is 0 Å². The second-order valence-corrected chi connectivity index (χ2v) is 16.4. The minimum atomic E-state index is -0.784. The molecule has 6 nitrogen and oxygen atoms in total. The lowest BCUT2D eigenvalue weighted by Gasteiger charge is -2.18. The number of allylic oxidation sites excluding steroid dienone is 8. The quantitative estimate of drug-likeness (QED) is 0.0264. The Labute approximate surface area is 358 Å². The predicted octanol–water partition coefficient (Wildman–Crippen LogP) is 15.9. The van der Waals surface area contributed by atoms with Crippen molar-refractivity contribution in [3.8, 4) is 0 Å². The van der Waals surface area contributed by atoms with Crippen molar-refractivity contribution in [1.29, 1.82) is 0 Å². The molecule has 0 aromatic heterocycles. The van der Waals surface area contributed by atoms with Gasteiger partial charge < -0.3 is 14.2 Å². The van der Waals surface area contributed by atoms with Crippen LogP contribution in [0.5, 0.6) is 0 Å². The van der Waals surface area contributed by atoms with Crippen LogP contribution in [0.4, 0.5) is 0 Å². The fourth-order valence-corrected chi connectivity index (χ4v) is 6.74. The molecular weight excluding hydrogens is 721 g/mol. The van der Waals surface area contributed by atoms with Crippen molar-refractivity contribution >= 4 is 17.9 Å². The average molecular weight is 813 g/mol. The number of hydrogen-bond acceptors (Lipinski definition) is 6. The minimum Gasteiger partial charge on any atom is -0.462 e. The van der Waals surface area contributed by atoms with Crippen molar-refractivity contribution in [2.75, 3.05) is 13.2 Å². The first kappa shape index (κ1) is 55.4. The van der Waals surface area contributed by atoms with Crippen LogP contribution in [-0.2, 0) is 28.6 Å². The van der Waals surface area contributed by atoms with E-state index in [0.29, 0.717) is 19.3 Å². The van der Waals surface area contributed by atoms with E-state index in [-0.39, 0.29) is 31.1 Å². The molecule has 0 spiro atoms. The molecule has 0 aliphatic heterocycles. The lowest BCUT2D eigenvalue weighted by atomic mass is 10.1. The molecule has 0 aromatic carbocycles. The van der Waals surface area contributed by atoms with Crippen LogP contribution in [0.2, 0.25) is 0 Å². The smallest absolute Gasteiger partial charge is 0.306 e. The number of unbranched alkanes of at least 4 members (excludes halogenated alkanes) is 25. The van der Waals surface area contributed by atoms with E-state index in [1.165, 1.54) is 109 Å². The Morgan fingerprint density at radius 2 is 0.638 bits per heavy atom. The van der Waals surface area contributed by atoms with Gasteiger partial charge in [0.15, 0.2) is 6.10 Å². The summed E-state index contributed by atoms with van der Waals surface area (Å²) in [5.74, 6) is -0.914. The molecule has 0 rings (SSSR count). The van der Waals surface area contributed by atoms with Gasteiger partial charge in [-0.3, -0.25) is 14.4 Å². The van der Waals surface area contributed by atoms with Gasteiger partial charge in [-0.2, -0.15) is 0 Å². The third-order valence-electron chi connectivity index (χ3n) is 10.5. The first-order valence-corrected chi connectivity index (χ1v) is 24.6. The molecule has 0 heterocycles. The summed E-state index contributed by atoms with van der Waals surface area (Å²) in [6, 6.07) is 0. The number of carbonyl (C=O) groups excluding carboxylic acids is 3. The maximum atomic E-state index is 12.8. The Morgan fingerprint density at radius 3 is 1.05 bits per heavy atom.